The average molecular weight is 472 g/mol. The summed E-state index contributed by atoms with van der Waals surface area (Å²) in [4.78, 5) is 5.67. The molecular weight excluding hydrogens is 444 g/mol. The first-order chi connectivity index (χ1) is 11.4. The lowest BCUT2D eigenvalue weighted by Gasteiger charge is -2.18. The van der Waals surface area contributed by atoms with E-state index in [2.05, 4.69) is 27.8 Å². The Morgan fingerprint density at radius 1 is 1.16 bits per heavy atom. The fourth-order valence-electron chi connectivity index (χ4n) is 2.23. The Balaban J connectivity index is 0.00000576. The minimum atomic E-state index is -4.15. The number of aliphatic imine (C=N–C) groups is 1. The van der Waals surface area contributed by atoms with Gasteiger partial charge in [-0.1, -0.05) is 30.3 Å². The highest BCUT2D eigenvalue weighted by atomic mass is 127. The van der Waals surface area contributed by atoms with Crippen LogP contribution in [-0.2, 0) is 6.42 Å². The van der Waals surface area contributed by atoms with Crippen LogP contribution in [0.5, 0.6) is 0 Å². The van der Waals surface area contributed by atoms with E-state index in [4.69, 9.17) is 0 Å². The Bertz CT molecular complexity index is 481. The Kier molecular flexibility index (Phi) is 12.7. The van der Waals surface area contributed by atoms with Crippen molar-refractivity contribution in [2.45, 2.75) is 25.9 Å². The van der Waals surface area contributed by atoms with Crippen LogP contribution < -0.4 is 10.6 Å². The largest absolute Gasteiger partial charge is 0.401 e. The van der Waals surface area contributed by atoms with E-state index < -0.39 is 12.7 Å². The molecule has 144 valence electrons. The molecule has 0 aliphatic rings. The van der Waals surface area contributed by atoms with Gasteiger partial charge in [-0.15, -0.1) is 24.0 Å². The molecule has 0 aromatic heterocycles. The SMILES string of the molecule is CCNC(=NCCCN(C)CC(F)(F)F)NCCc1ccccc1.I. The van der Waals surface area contributed by atoms with Crippen molar-refractivity contribution in [1.29, 1.82) is 0 Å². The third-order valence-corrected chi connectivity index (χ3v) is 3.31. The van der Waals surface area contributed by atoms with E-state index in [0.717, 1.165) is 19.5 Å². The van der Waals surface area contributed by atoms with E-state index in [1.165, 1.54) is 17.5 Å². The van der Waals surface area contributed by atoms with Crippen LogP contribution in [0.4, 0.5) is 13.2 Å². The second-order valence-electron chi connectivity index (χ2n) is 5.63. The summed E-state index contributed by atoms with van der Waals surface area (Å²) in [6, 6.07) is 10.1. The van der Waals surface area contributed by atoms with Crippen molar-refractivity contribution in [3.63, 3.8) is 0 Å². The van der Waals surface area contributed by atoms with E-state index in [1.807, 2.05) is 25.1 Å². The van der Waals surface area contributed by atoms with Gasteiger partial charge in [0, 0.05) is 19.6 Å². The van der Waals surface area contributed by atoms with E-state index in [1.54, 1.807) is 0 Å². The van der Waals surface area contributed by atoms with Crippen molar-refractivity contribution in [2.24, 2.45) is 4.99 Å². The summed E-state index contributed by atoms with van der Waals surface area (Å²) >= 11 is 0. The average Bonchev–Trinajstić information content (AvgIpc) is 2.51. The molecule has 1 aromatic carbocycles. The van der Waals surface area contributed by atoms with Gasteiger partial charge in [0.1, 0.15) is 0 Å². The number of halogens is 4. The lowest BCUT2D eigenvalue weighted by molar-refractivity contribution is -0.143. The molecule has 0 amide bonds. The molecule has 2 N–H and O–H groups in total. The van der Waals surface area contributed by atoms with Crippen molar-refractivity contribution >= 4 is 29.9 Å². The zero-order valence-corrected chi connectivity index (χ0v) is 17.1. The molecule has 0 heterocycles. The number of rotatable bonds is 9. The van der Waals surface area contributed by atoms with Gasteiger partial charge >= 0.3 is 6.18 Å². The van der Waals surface area contributed by atoms with Gasteiger partial charge in [-0.2, -0.15) is 13.2 Å². The molecule has 0 fully saturated rings. The van der Waals surface area contributed by atoms with Crippen molar-refractivity contribution in [1.82, 2.24) is 15.5 Å². The van der Waals surface area contributed by atoms with Gasteiger partial charge in [0.15, 0.2) is 5.96 Å². The number of alkyl halides is 3. The molecule has 4 nitrogen and oxygen atoms in total. The van der Waals surface area contributed by atoms with Crippen molar-refractivity contribution in [3.05, 3.63) is 35.9 Å². The topological polar surface area (TPSA) is 39.7 Å². The molecule has 0 atom stereocenters. The van der Waals surface area contributed by atoms with Crippen molar-refractivity contribution in [3.8, 4) is 0 Å². The molecule has 0 radical (unpaired) electrons. The zero-order valence-electron chi connectivity index (χ0n) is 14.8. The monoisotopic (exact) mass is 472 g/mol. The maximum absolute atomic E-state index is 12.2. The van der Waals surface area contributed by atoms with Crippen molar-refractivity contribution in [2.75, 3.05) is 39.8 Å². The second-order valence-corrected chi connectivity index (χ2v) is 5.63. The lowest BCUT2D eigenvalue weighted by Crippen LogP contribution is -2.38. The van der Waals surface area contributed by atoms with E-state index in [9.17, 15) is 13.2 Å². The van der Waals surface area contributed by atoms with Crippen LogP contribution in [0.3, 0.4) is 0 Å². The molecule has 25 heavy (non-hydrogen) atoms. The Morgan fingerprint density at radius 2 is 1.84 bits per heavy atom. The Hall–Kier alpha value is -1.03. The van der Waals surface area contributed by atoms with Gasteiger partial charge in [-0.3, -0.25) is 9.89 Å². The molecule has 1 aromatic rings. The smallest absolute Gasteiger partial charge is 0.357 e. The van der Waals surface area contributed by atoms with Gasteiger partial charge < -0.3 is 10.6 Å². The highest BCUT2D eigenvalue weighted by Gasteiger charge is 2.28. The van der Waals surface area contributed by atoms with Crippen LogP contribution in [-0.4, -0.2) is 56.8 Å². The Morgan fingerprint density at radius 3 is 2.44 bits per heavy atom. The number of hydrogen-bond donors (Lipinski definition) is 2. The molecular formula is C17H28F3IN4. The number of benzene rings is 1. The third kappa shape index (κ3) is 12.9. The minimum Gasteiger partial charge on any atom is -0.357 e. The lowest BCUT2D eigenvalue weighted by atomic mass is 10.1. The van der Waals surface area contributed by atoms with Crippen LogP contribution in [0.15, 0.2) is 35.3 Å². The predicted molar refractivity (Wildman–Crippen MR) is 108 cm³/mol. The zero-order chi connectivity index (χ0) is 17.8. The highest BCUT2D eigenvalue weighted by molar-refractivity contribution is 14.0. The van der Waals surface area contributed by atoms with Crippen LogP contribution in [0, 0.1) is 0 Å². The third-order valence-electron chi connectivity index (χ3n) is 3.31. The van der Waals surface area contributed by atoms with Gasteiger partial charge in [0.25, 0.3) is 0 Å². The van der Waals surface area contributed by atoms with Gasteiger partial charge in [-0.25, -0.2) is 0 Å². The summed E-state index contributed by atoms with van der Waals surface area (Å²) in [5, 5.41) is 6.38. The predicted octanol–water partition coefficient (Wildman–Crippen LogP) is 3.29. The number of guanidine groups is 1. The number of nitrogens with one attached hydrogen (secondary N) is 2. The number of nitrogens with zero attached hydrogens (tertiary/aromatic N) is 2. The first kappa shape index (κ1) is 24.0. The van der Waals surface area contributed by atoms with Gasteiger partial charge in [0.05, 0.1) is 6.54 Å². The molecule has 0 aliphatic carbocycles. The first-order valence-electron chi connectivity index (χ1n) is 8.22. The van der Waals surface area contributed by atoms with Crippen LogP contribution in [0.2, 0.25) is 0 Å². The summed E-state index contributed by atoms with van der Waals surface area (Å²) in [7, 11) is 1.47. The van der Waals surface area contributed by atoms with E-state index in [0.29, 0.717) is 25.5 Å². The summed E-state index contributed by atoms with van der Waals surface area (Å²) < 4.78 is 36.7. The molecule has 0 unspecified atom stereocenters. The normalized spacial score (nSPS) is 12.0. The quantitative estimate of drug-likeness (QED) is 0.251. The van der Waals surface area contributed by atoms with Crippen LogP contribution in [0.25, 0.3) is 0 Å². The molecule has 0 spiro atoms. The van der Waals surface area contributed by atoms with Gasteiger partial charge in [0.2, 0.25) is 0 Å². The molecule has 0 saturated carbocycles. The highest BCUT2D eigenvalue weighted by Crippen LogP contribution is 2.15. The summed E-state index contributed by atoms with van der Waals surface area (Å²) in [5.41, 5.74) is 1.25. The van der Waals surface area contributed by atoms with Crippen LogP contribution in [0.1, 0.15) is 18.9 Å². The molecule has 0 aliphatic heterocycles. The fraction of sp³-hybridized carbons (Fsp3) is 0.588. The summed E-state index contributed by atoms with van der Waals surface area (Å²) in [5.74, 6) is 0.701. The Labute approximate surface area is 165 Å². The molecule has 8 heteroatoms. The first-order valence-corrected chi connectivity index (χ1v) is 8.22. The second kappa shape index (κ2) is 13.2. The van der Waals surface area contributed by atoms with E-state index >= 15 is 0 Å². The maximum atomic E-state index is 12.2. The fourth-order valence-corrected chi connectivity index (χ4v) is 2.23. The van der Waals surface area contributed by atoms with Gasteiger partial charge in [-0.05, 0) is 38.9 Å². The standard InChI is InChI=1S/C17H27F3N4.HI/c1-3-21-16(23-12-10-15-8-5-4-6-9-15)22-11-7-13-24(2)14-17(18,19)20;/h4-6,8-9H,3,7,10-14H2,1-2H3,(H2,21,22,23);1H. The van der Waals surface area contributed by atoms with E-state index in [-0.39, 0.29) is 24.0 Å². The van der Waals surface area contributed by atoms with Crippen molar-refractivity contribution < 1.29 is 13.2 Å². The minimum absolute atomic E-state index is 0. The van der Waals surface area contributed by atoms with Crippen LogP contribution >= 0.6 is 24.0 Å². The number of hydrogen-bond acceptors (Lipinski definition) is 2. The molecule has 1 rings (SSSR count). The summed E-state index contributed by atoms with van der Waals surface area (Å²) in [6.45, 7) is 3.45. The summed E-state index contributed by atoms with van der Waals surface area (Å²) in [6.07, 6.45) is -2.67. The maximum Gasteiger partial charge on any atom is 0.401 e. The molecule has 0 bridgehead atoms. The molecule has 0 saturated heterocycles.